The number of aromatic amines is 1. The number of anilines is 2. The Morgan fingerprint density at radius 1 is 1.44 bits per heavy atom. The number of nitrogen functional groups attached to an aromatic ring is 1. The van der Waals surface area contributed by atoms with Gasteiger partial charge < -0.3 is 5.32 Å². The van der Waals surface area contributed by atoms with Crippen molar-refractivity contribution in [3.63, 3.8) is 0 Å². The zero-order valence-electron chi connectivity index (χ0n) is 10.3. The smallest absolute Gasteiger partial charge is 0.241 e. The van der Waals surface area contributed by atoms with Gasteiger partial charge in [0.1, 0.15) is 5.82 Å². The van der Waals surface area contributed by atoms with Crippen molar-refractivity contribution in [2.45, 2.75) is 26.2 Å². The number of fused-ring (bicyclic) bond motifs is 1. The van der Waals surface area contributed by atoms with E-state index in [0.29, 0.717) is 17.0 Å². The van der Waals surface area contributed by atoms with Crippen LogP contribution in [0.4, 0.5) is 11.8 Å². The van der Waals surface area contributed by atoms with E-state index in [1.807, 2.05) is 0 Å². The van der Waals surface area contributed by atoms with Gasteiger partial charge in [0.25, 0.3) is 0 Å². The van der Waals surface area contributed by atoms with E-state index in [0.717, 1.165) is 17.7 Å². The molecule has 0 aliphatic heterocycles. The molecule has 1 aliphatic rings. The first-order chi connectivity index (χ1) is 8.76. The maximum atomic E-state index is 5.36. The molecular weight excluding hydrogens is 230 g/mol. The number of nitrogens with zero attached hydrogens (tertiary/aromatic N) is 3. The SMILES string of the molecule is CCC1(CNc2nc(NN)nc3[nH]ncc23)CC1. The van der Waals surface area contributed by atoms with Gasteiger partial charge in [0.15, 0.2) is 5.65 Å². The summed E-state index contributed by atoms with van der Waals surface area (Å²) in [5.74, 6) is 6.53. The Bertz CT molecular complexity index is 558. The average molecular weight is 247 g/mol. The molecule has 0 spiro atoms. The molecule has 0 atom stereocenters. The van der Waals surface area contributed by atoms with Crippen LogP contribution in [0.2, 0.25) is 0 Å². The normalized spacial score (nSPS) is 16.8. The van der Waals surface area contributed by atoms with Gasteiger partial charge >= 0.3 is 0 Å². The van der Waals surface area contributed by atoms with Crippen molar-refractivity contribution in [3.05, 3.63) is 6.20 Å². The molecule has 0 aromatic carbocycles. The minimum absolute atomic E-state index is 0.385. The van der Waals surface area contributed by atoms with Crippen molar-refractivity contribution < 1.29 is 0 Å². The average Bonchev–Trinajstić information content (AvgIpc) is 3.04. The lowest BCUT2D eigenvalue weighted by atomic mass is 10.0. The first-order valence-corrected chi connectivity index (χ1v) is 6.18. The van der Waals surface area contributed by atoms with Crippen molar-refractivity contribution in [1.82, 2.24) is 20.2 Å². The van der Waals surface area contributed by atoms with Crippen molar-refractivity contribution >= 4 is 22.8 Å². The Labute approximate surface area is 105 Å². The molecule has 3 rings (SSSR count). The third kappa shape index (κ3) is 1.86. The summed E-state index contributed by atoms with van der Waals surface area (Å²) in [6.07, 6.45) is 5.50. The Morgan fingerprint density at radius 2 is 2.28 bits per heavy atom. The van der Waals surface area contributed by atoms with Crippen molar-refractivity contribution in [1.29, 1.82) is 0 Å². The van der Waals surface area contributed by atoms with Crippen LogP contribution in [0.3, 0.4) is 0 Å². The summed E-state index contributed by atoms with van der Waals surface area (Å²) < 4.78 is 0. The summed E-state index contributed by atoms with van der Waals surface area (Å²) in [5.41, 5.74) is 3.60. The van der Waals surface area contributed by atoms with Gasteiger partial charge in [0.05, 0.1) is 11.6 Å². The highest BCUT2D eigenvalue weighted by Crippen LogP contribution is 2.48. The van der Waals surface area contributed by atoms with Crippen LogP contribution in [0.1, 0.15) is 26.2 Å². The Balaban J connectivity index is 1.87. The van der Waals surface area contributed by atoms with Crippen LogP contribution in [-0.2, 0) is 0 Å². The molecule has 2 aromatic rings. The van der Waals surface area contributed by atoms with Gasteiger partial charge in [0.2, 0.25) is 5.95 Å². The summed E-state index contributed by atoms with van der Waals surface area (Å²) in [6, 6.07) is 0. The molecule has 0 radical (unpaired) electrons. The van der Waals surface area contributed by atoms with E-state index >= 15 is 0 Å². The zero-order valence-corrected chi connectivity index (χ0v) is 10.3. The van der Waals surface area contributed by atoms with Gasteiger partial charge in [-0.3, -0.25) is 10.5 Å². The topological polar surface area (TPSA) is 105 Å². The Hall–Kier alpha value is -1.89. The first kappa shape index (κ1) is 11.2. The zero-order chi connectivity index (χ0) is 12.6. The van der Waals surface area contributed by atoms with Crippen LogP contribution in [0, 0.1) is 5.41 Å². The predicted molar refractivity (Wildman–Crippen MR) is 69.9 cm³/mol. The molecule has 2 heterocycles. The fourth-order valence-corrected chi connectivity index (χ4v) is 2.14. The van der Waals surface area contributed by atoms with E-state index in [2.05, 4.69) is 37.8 Å². The highest BCUT2D eigenvalue weighted by Gasteiger charge is 2.40. The molecule has 2 aromatic heterocycles. The third-order valence-electron chi connectivity index (χ3n) is 3.78. The molecular formula is C11H17N7. The molecule has 5 N–H and O–H groups in total. The lowest BCUT2D eigenvalue weighted by Gasteiger charge is -2.14. The van der Waals surface area contributed by atoms with Crippen LogP contribution in [0.5, 0.6) is 0 Å². The lowest BCUT2D eigenvalue weighted by molar-refractivity contribution is 0.521. The largest absolute Gasteiger partial charge is 0.369 e. The molecule has 96 valence electrons. The second-order valence-corrected chi connectivity index (χ2v) is 4.88. The second-order valence-electron chi connectivity index (χ2n) is 4.88. The number of rotatable bonds is 5. The number of aromatic nitrogens is 4. The fourth-order valence-electron chi connectivity index (χ4n) is 2.14. The van der Waals surface area contributed by atoms with Gasteiger partial charge in [-0.1, -0.05) is 6.92 Å². The minimum atomic E-state index is 0.385. The Kier molecular flexibility index (Phi) is 2.55. The number of hydrogen-bond donors (Lipinski definition) is 4. The molecule has 18 heavy (non-hydrogen) atoms. The van der Waals surface area contributed by atoms with E-state index in [4.69, 9.17) is 5.84 Å². The second kappa shape index (κ2) is 4.09. The number of nitrogens with one attached hydrogen (secondary N) is 3. The monoisotopic (exact) mass is 247 g/mol. The van der Waals surface area contributed by atoms with Gasteiger partial charge in [0, 0.05) is 6.54 Å². The molecule has 0 bridgehead atoms. The number of nitrogens with two attached hydrogens (primary N) is 1. The quantitative estimate of drug-likeness (QED) is 0.468. The maximum absolute atomic E-state index is 5.36. The molecule has 1 aliphatic carbocycles. The number of H-pyrrole nitrogens is 1. The third-order valence-corrected chi connectivity index (χ3v) is 3.78. The van der Waals surface area contributed by atoms with Gasteiger partial charge in [-0.2, -0.15) is 15.1 Å². The molecule has 7 heteroatoms. The Morgan fingerprint density at radius 3 is 2.94 bits per heavy atom. The summed E-state index contributed by atoms with van der Waals surface area (Å²) in [6.45, 7) is 3.17. The van der Waals surface area contributed by atoms with Crippen LogP contribution in [0.25, 0.3) is 11.0 Å². The maximum Gasteiger partial charge on any atom is 0.241 e. The lowest BCUT2D eigenvalue weighted by Crippen LogP contribution is -2.17. The van der Waals surface area contributed by atoms with E-state index in [1.54, 1.807) is 6.20 Å². The number of hydrogen-bond acceptors (Lipinski definition) is 6. The minimum Gasteiger partial charge on any atom is -0.369 e. The van der Waals surface area contributed by atoms with Crippen molar-refractivity contribution in [3.8, 4) is 0 Å². The van der Waals surface area contributed by atoms with E-state index in [1.165, 1.54) is 19.3 Å². The van der Waals surface area contributed by atoms with Crippen molar-refractivity contribution in [2.24, 2.45) is 11.3 Å². The van der Waals surface area contributed by atoms with E-state index in [9.17, 15) is 0 Å². The highest BCUT2D eigenvalue weighted by atomic mass is 15.3. The predicted octanol–water partition coefficient (Wildman–Crippen LogP) is 1.24. The molecule has 0 saturated heterocycles. The summed E-state index contributed by atoms with van der Waals surface area (Å²) >= 11 is 0. The molecule has 0 unspecified atom stereocenters. The summed E-state index contributed by atoms with van der Waals surface area (Å²) in [7, 11) is 0. The fraction of sp³-hybridized carbons (Fsp3) is 0.545. The van der Waals surface area contributed by atoms with Gasteiger partial charge in [-0.15, -0.1) is 0 Å². The molecule has 7 nitrogen and oxygen atoms in total. The van der Waals surface area contributed by atoms with E-state index in [-0.39, 0.29) is 0 Å². The summed E-state index contributed by atoms with van der Waals surface area (Å²) in [4.78, 5) is 8.53. The molecule has 1 fully saturated rings. The number of hydrazine groups is 1. The van der Waals surface area contributed by atoms with Crippen LogP contribution in [0.15, 0.2) is 6.20 Å². The van der Waals surface area contributed by atoms with Gasteiger partial charge in [-0.05, 0) is 24.7 Å². The first-order valence-electron chi connectivity index (χ1n) is 6.18. The molecule has 1 saturated carbocycles. The van der Waals surface area contributed by atoms with E-state index < -0.39 is 0 Å². The highest BCUT2D eigenvalue weighted by molar-refractivity contribution is 5.86. The van der Waals surface area contributed by atoms with Crippen molar-refractivity contribution in [2.75, 3.05) is 17.3 Å². The van der Waals surface area contributed by atoms with Crippen LogP contribution < -0.4 is 16.6 Å². The van der Waals surface area contributed by atoms with Crippen LogP contribution >= 0.6 is 0 Å². The molecule has 0 amide bonds. The van der Waals surface area contributed by atoms with Crippen LogP contribution in [-0.4, -0.2) is 26.7 Å². The van der Waals surface area contributed by atoms with Gasteiger partial charge in [-0.25, -0.2) is 5.84 Å². The summed E-state index contributed by atoms with van der Waals surface area (Å²) in [5, 5.41) is 11.1. The standard InChI is InChI=1S/C11H17N7/c1-2-11(3-4-11)6-13-8-7-5-14-18-9(7)16-10(15-8)17-12/h5H,2-4,6,12H2,1H3,(H3,13,14,15,16,17,18).